The Bertz CT molecular complexity index is 1060. The van der Waals surface area contributed by atoms with E-state index in [0.29, 0.717) is 0 Å². The van der Waals surface area contributed by atoms with Crippen molar-refractivity contribution in [3.05, 3.63) is 53.4 Å². The summed E-state index contributed by atoms with van der Waals surface area (Å²) in [5.74, 6) is -4.75. The van der Waals surface area contributed by atoms with Crippen molar-refractivity contribution in [1.29, 1.82) is 0 Å². The Kier molecular flexibility index (Phi) is 9.23. The number of halogens is 2. The van der Waals surface area contributed by atoms with Gasteiger partial charge in [-0.25, -0.2) is 13.8 Å². The van der Waals surface area contributed by atoms with E-state index >= 15 is 0 Å². The first-order chi connectivity index (χ1) is 16.0. The number of pyridine rings is 1. The number of ether oxygens (including phenoxy) is 3. The molecule has 0 fully saturated rings. The van der Waals surface area contributed by atoms with Gasteiger partial charge in [0.15, 0.2) is 17.2 Å². The number of rotatable bonds is 10. The number of ketones is 1. The van der Waals surface area contributed by atoms with Gasteiger partial charge in [0.2, 0.25) is 5.75 Å². The lowest BCUT2D eigenvalue weighted by atomic mass is 9.84. The summed E-state index contributed by atoms with van der Waals surface area (Å²) in [4.78, 5) is 41.0. The minimum absolute atomic E-state index is 0.119. The molecular weight excluding hydrogens is 448 g/mol. The topological polar surface area (TPSA) is 91.8 Å². The maximum atomic E-state index is 14.4. The second kappa shape index (κ2) is 11.7. The smallest absolute Gasteiger partial charge is 0.309 e. The zero-order valence-electron chi connectivity index (χ0n) is 20.1. The number of nitrogens with zero attached hydrogens (tertiary/aromatic N) is 1. The number of benzene rings is 1. The Balaban J connectivity index is 2.16. The van der Waals surface area contributed by atoms with E-state index in [1.165, 1.54) is 39.3 Å². The molecular formula is C25H29F2NO6. The van der Waals surface area contributed by atoms with Crippen LogP contribution < -0.4 is 9.47 Å². The second-order valence-corrected chi connectivity index (χ2v) is 8.39. The number of hydrogen-bond donors (Lipinski definition) is 0. The van der Waals surface area contributed by atoms with Crippen molar-refractivity contribution in [3.63, 3.8) is 0 Å². The van der Waals surface area contributed by atoms with Crippen LogP contribution in [-0.2, 0) is 14.3 Å². The first-order valence-corrected chi connectivity index (χ1v) is 10.9. The van der Waals surface area contributed by atoms with E-state index < -0.39 is 47.3 Å². The highest BCUT2D eigenvalue weighted by molar-refractivity contribution is 5.99. The van der Waals surface area contributed by atoms with Gasteiger partial charge in [0.25, 0.3) is 0 Å². The van der Waals surface area contributed by atoms with Gasteiger partial charge in [-0.15, -0.1) is 0 Å². The van der Waals surface area contributed by atoms with Crippen molar-refractivity contribution in [1.82, 2.24) is 4.98 Å². The number of hydrogen-bond acceptors (Lipinski definition) is 7. The summed E-state index contributed by atoms with van der Waals surface area (Å²) < 4.78 is 43.5. The predicted molar refractivity (Wildman–Crippen MR) is 120 cm³/mol. The van der Waals surface area contributed by atoms with Crippen molar-refractivity contribution in [3.8, 4) is 11.5 Å². The zero-order valence-corrected chi connectivity index (χ0v) is 20.1. The molecule has 0 saturated carbocycles. The molecule has 0 spiro atoms. The molecule has 0 aliphatic carbocycles. The highest BCUT2D eigenvalue weighted by Gasteiger charge is 2.31. The molecule has 0 N–H and O–H groups in total. The van der Waals surface area contributed by atoms with E-state index in [2.05, 4.69) is 4.98 Å². The highest BCUT2D eigenvalue weighted by atomic mass is 19.1. The molecule has 0 radical (unpaired) electrons. The Hall–Kier alpha value is -3.36. The van der Waals surface area contributed by atoms with Gasteiger partial charge in [-0.3, -0.25) is 14.4 Å². The third-order valence-corrected chi connectivity index (χ3v) is 5.34. The van der Waals surface area contributed by atoms with E-state index in [0.717, 1.165) is 12.1 Å². The fourth-order valence-electron chi connectivity index (χ4n) is 3.79. The minimum atomic E-state index is -0.862. The molecule has 3 atom stereocenters. The van der Waals surface area contributed by atoms with Crippen molar-refractivity contribution in [2.24, 2.45) is 11.8 Å². The van der Waals surface area contributed by atoms with Gasteiger partial charge in [-0.1, -0.05) is 26.8 Å². The Morgan fingerprint density at radius 2 is 1.74 bits per heavy atom. The molecule has 1 heterocycles. The summed E-state index contributed by atoms with van der Waals surface area (Å²) in [7, 11) is 1.35. The number of esters is 2. The molecule has 0 aliphatic rings. The quantitative estimate of drug-likeness (QED) is 0.356. The standard InChI is InChI=1S/C25H29F2NO6/c1-13(2)22(18-8-7-17(26)12-19(18)27)15(4)33-25(31)14(3)11-20(30)23-24(34-16(5)29)21(32-6)9-10-28-23/h7-10,12-15,22H,11H2,1-6H3/t14-,15+,22+/m1/s1. The summed E-state index contributed by atoms with van der Waals surface area (Å²) in [5.41, 5.74) is 0.0997. The number of carbonyl (C=O) groups is 3. The molecule has 0 saturated heterocycles. The number of aromatic nitrogens is 1. The van der Waals surface area contributed by atoms with Crippen LogP contribution in [-0.4, -0.2) is 35.9 Å². The van der Waals surface area contributed by atoms with Crippen LogP contribution in [0.5, 0.6) is 11.5 Å². The molecule has 1 aromatic heterocycles. The van der Waals surface area contributed by atoms with Crippen LogP contribution in [0.15, 0.2) is 30.5 Å². The first kappa shape index (κ1) is 26.9. The van der Waals surface area contributed by atoms with Crippen molar-refractivity contribution in [2.45, 2.75) is 53.1 Å². The number of Topliss-reactive ketones (excluding diaryl/α,β-unsaturated/α-hetero) is 1. The van der Waals surface area contributed by atoms with Crippen LogP contribution in [0, 0.1) is 23.5 Å². The molecule has 0 aliphatic heterocycles. The molecule has 184 valence electrons. The maximum absolute atomic E-state index is 14.4. The molecule has 9 heteroatoms. The van der Waals surface area contributed by atoms with E-state index in [9.17, 15) is 23.2 Å². The molecule has 0 unspecified atom stereocenters. The van der Waals surface area contributed by atoms with Crippen LogP contribution >= 0.6 is 0 Å². The van der Waals surface area contributed by atoms with Gasteiger partial charge in [-0.05, 0) is 24.5 Å². The monoisotopic (exact) mass is 477 g/mol. The van der Waals surface area contributed by atoms with Crippen molar-refractivity contribution < 1.29 is 37.4 Å². The van der Waals surface area contributed by atoms with E-state index in [-0.39, 0.29) is 35.1 Å². The fraction of sp³-hybridized carbons (Fsp3) is 0.440. The molecule has 2 rings (SSSR count). The SMILES string of the molecule is COc1ccnc(C(=O)C[C@@H](C)C(=O)O[C@@H](C)[C@@H](c2ccc(F)cc2F)C(C)C)c1OC(C)=O. The average molecular weight is 478 g/mol. The van der Waals surface area contributed by atoms with Gasteiger partial charge >= 0.3 is 11.9 Å². The maximum Gasteiger partial charge on any atom is 0.309 e. The van der Waals surface area contributed by atoms with Gasteiger partial charge < -0.3 is 14.2 Å². The Morgan fingerprint density at radius 3 is 2.29 bits per heavy atom. The van der Waals surface area contributed by atoms with Gasteiger partial charge in [0.1, 0.15) is 17.7 Å². The Labute approximate surface area is 197 Å². The summed E-state index contributed by atoms with van der Waals surface area (Å²) in [6, 6.07) is 4.74. The largest absolute Gasteiger partial charge is 0.493 e. The molecule has 1 aromatic carbocycles. The van der Waals surface area contributed by atoms with Crippen molar-refractivity contribution in [2.75, 3.05) is 7.11 Å². The van der Waals surface area contributed by atoms with Gasteiger partial charge in [0.05, 0.1) is 13.0 Å². The van der Waals surface area contributed by atoms with E-state index in [1.807, 2.05) is 13.8 Å². The number of methoxy groups -OCH3 is 1. The normalized spacial score (nSPS) is 13.7. The molecule has 0 bridgehead atoms. The fourth-order valence-corrected chi connectivity index (χ4v) is 3.79. The Morgan fingerprint density at radius 1 is 1.06 bits per heavy atom. The molecule has 34 heavy (non-hydrogen) atoms. The number of carbonyl (C=O) groups excluding carboxylic acids is 3. The van der Waals surface area contributed by atoms with Crippen molar-refractivity contribution >= 4 is 17.7 Å². The lowest BCUT2D eigenvalue weighted by Crippen LogP contribution is -2.30. The van der Waals surface area contributed by atoms with Crippen LogP contribution in [0.4, 0.5) is 8.78 Å². The van der Waals surface area contributed by atoms with Crippen LogP contribution in [0.2, 0.25) is 0 Å². The summed E-state index contributed by atoms with van der Waals surface area (Å²) in [5, 5.41) is 0. The first-order valence-electron chi connectivity index (χ1n) is 10.9. The second-order valence-electron chi connectivity index (χ2n) is 8.39. The van der Waals surface area contributed by atoms with E-state index in [1.54, 1.807) is 6.92 Å². The zero-order chi connectivity index (χ0) is 25.6. The van der Waals surface area contributed by atoms with E-state index in [4.69, 9.17) is 14.2 Å². The summed E-state index contributed by atoms with van der Waals surface area (Å²) in [6.07, 6.45) is 0.322. The summed E-state index contributed by atoms with van der Waals surface area (Å²) >= 11 is 0. The van der Waals surface area contributed by atoms with Crippen LogP contribution in [0.1, 0.15) is 63.0 Å². The predicted octanol–water partition coefficient (Wildman–Crippen LogP) is 4.87. The lowest BCUT2D eigenvalue weighted by Gasteiger charge is -2.29. The molecule has 0 amide bonds. The minimum Gasteiger partial charge on any atom is -0.493 e. The third kappa shape index (κ3) is 6.59. The van der Waals surface area contributed by atoms with Crippen LogP contribution in [0.25, 0.3) is 0 Å². The summed E-state index contributed by atoms with van der Waals surface area (Å²) in [6.45, 7) is 8.01. The average Bonchev–Trinajstić information content (AvgIpc) is 2.74. The van der Waals surface area contributed by atoms with Gasteiger partial charge in [-0.2, -0.15) is 0 Å². The van der Waals surface area contributed by atoms with Crippen LogP contribution in [0.3, 0.4) is 0 Å². The molecule has 7 nitrogen and oxygen atoms in total. The highest BCUT2D eigenvalue weighted by Crippen LogP contribution is 2.33. The molecule has 2 aromatic rings. The lowest BCUT2D eigenvalue weighted by molar-refractivity contribution is -0.154. The third-order valence-electron chi connectivity index (χ3n) is 5.34. The van der Waals surface area contributed by atoms with Gasteiger partial charge in [0, 0.05) is 37.6 Å².